The summed E-state index contributed by atoms with van der Waals surface area (Å²) < 4.78 is 16.3. The minimum Gasteiger partial charge on any atom is -0.493 e. The Labute approximate surface area is 177 Å². The van der Waals surface area contributed by atoms with E-state index in [1.54, 1.807) is 31.2 Å². The molecule has 150 valence electrons. The number of carbonyl (C=O) groups is 2. The summed E-state index contributed by atoms with van der Waals surface area (Å²) in [6, 6.07) is 14.1. The van der Waals surface area contributed by atoms with Crippen molar-refractivity contribution in [2.45, 2.75) is 6.92 Å². The van der Waals surface area contributed by atoms with Gasteiger partial charge in [-0.1, -0.05) is 18.2 Å². The van der Waals surface area contributed by atoms with Crippen LogP contribution in [0.5, 0.6) is 11.5 Å². The fraction of sp³-hybridized carbons (Fsp3) is 0.190. The molecule has 2 rings (SSSR count). The van der Waals surface area contributed by atoms with Gasteiger partial charge in [0.2, 0.25) is 0 Å². The lowest BCUT2D eigenvalue weighted by atomic mass is 10.1. The van der Waals surface area contributed by atoms with Gasteiger partial charge in [-0.15, -0.1) is 0 Å². The Morgan fingerprint density at radius 2 is 1.97 bits per heavy atom. The van der Waals surface area contributed by atoms with Crippen molar-refractivity contribution in [2.24, 2.45) is 0 Å². The molecule has 0 heterocycles. The fourth-order valence-corrected chi connectivity index (χ4v) is 2.91. The molecule has 1 amide bonds. The molecule has 0 atom stereocenters. The van der Waals surface area contributed by atoms with Crippen LogP contribution in [0.15, 0.2) is 52.5 Å². The van der Waals surface area contributed by atoms with E-state index in [2.05, 4.69) is 21.2 Å². The number of carbonyl (C=O) groups excluding carboxylic acids is 2. The van der Waals surface area contributed by atoms with Crippen LogP contribution in [0.25, 0.3) is 6.08 Å². The van der Waals surface area contributed by atoms with Gasteiger partial charge >= 0.3 is 5.97 Å². The summed E-state index contributed by atoms with van der Waals surface area (Å²) in [5.41, 5.74) is 1.05. The van der Waals surface area contributed by atoms with Gasteiger partial charge in [-0.3, -0.25) is 4.79 Å². The molecule has 7 nitrogen and oxygen atoms in total. The van der Waals surface area contributed by atoms with Gasteiger partial charge in [0, 0.05) is 5.69 Å². The van der Waals surface area contributed by atoms with E-state index in [-0.39, 0.29) is 24.7 Å². The van der Waals surface area contributed by atoms with E-state index < -0.39 is 5.97 Å². The number of ether oxygens (including phenoxy) is 3. The monoisotopic (exact) mass is 458 g/mol. The minimum atomic E-state index is -0.706. The van der Waals surface area contributed by atoms with Gasteiger partial charge in [0.25, 0.3) is 5.91 Å². The Balaban J connectivity index is 2.16. The van der Waals surface area contributed by atoms with E-state index in [4.69, 9.17) is 19.5 Å². The molecule has 0 radical (unpaired) electrons. The summed E-state index contributed by atoms with van der Waals surface area (Å²) in [5.74, 6) is -0.381. The molecule has 1 N–H and O–H groups in total. The fourth-order valence-electron chi connectivity index (χ4n) is 2.33. The Kier molecular flexibility index (Phi) is 8.25. The molecule has 8 heteroatoms. The van der Waals surface area contributed by atoms with Gasteiger partial charge in [-0.2, -0.15) is 5.26 Å². The van der Waals surface area contributed by atoms with Crippen molar-refractivity contribution in [2.75, 3.05) is 25.6 Å². The first kappa shape index (κ1) is 22.0. The molecule has 0 unspecified atom stereocenters. The third-order valence-corrected chi connectivity index (χ3v) is 4.17. The van der Waals surface area contributed by atoms with Gasteiger partial charge in [0.1, 0.15) is 11.6 Å². The van der Waals surface area contributed by atoms with Gasteiger partial charge in [0.15, 0.2) is 18.1 Å². The van der Waals surface area contributed by atoms with Crippen LogP contribution in [-0.2, 0) is 14.3 Å². The quantitative estimate of drug-likeness (QED) is 0.365. The highest BCUT2D eigenvalue weighted by atomic mass is 79.9. The molecule has 0 fully saturated rings. The highest BCUT2D eigenvalue weighted by Gasteiger charge is 2.15. The summed E-state index contributed by atoms with van der Waals surface area (Å²) in [6.45, 7) is 1.60. The number of nitrogens with zero attached hydrogens (tertiary/aromatic N) is 1. The lowest BCUT2D eigenvalue weighted by Gasteiger charge is -2.14. The maximum atomic E-state index is 12.1. The smallest absolute Gasteiger partial charge is 0.348 e. The predicted octanol–water partition coefficient (Wildman–Crippen LogP) is 3.95. The van der Waals surface area contributed by atoms with Crippen LogP contribution >= 0.6 is 15.9 Å². The van der Waals surface area contributed by atoms with Crippen LogP contribution in [-0.4, -0.2) is 32.2 Å². The van der Waals surface area contributed by atoms with Gasteiger partial charge in [-0.05, 0) is 58.8 Å². The number of nitrogens with one attached hydrogen (secondary N) is 1. The van der Waals surface area contributed by atoms with E-state index >= 15 is 0 Å². The standard InChI is InChI=1S/C21H19BrN2O5/c1-3-28-21(26)15(12-23)9-14-10-17(22)20(18(11-14)27-2)29-13-19(25)24-16-7-5-4-6-8-16/h4-11H,3,13H2,1-2H3,(H,24,25). The number of hydrogen-bond acceptors (Lipinski definition) is 6. The van der Waals surface area contributed by atoms with Gasteiger partial charge < -0.3 is 19.5 Å². The average Bonchev–Trinajstić information content (AvgIpc) is 2.71. The second kappa shape index (κ2) is 10.9. The van der Waals surface area contributed by atoms with Crippen molar-refractivity contribution in [1.29, 1.82) is 5.26 Å². The molecule has 2 aromatic carbocycles. The van der Waals surface area contributed by atoms with Crippen molar-refractivity contribution >= 4 is 39.6 Å². The first-order valence-electron chi connectivity index (χ1n) is 8.62. The number of amides is 1. The summed E-state index contributed by atoms with van der Waals surface area (Å²) in [4.78, 5) is 23.9. The molecule has 2 aromatic rings. The first-order chi connectivity index (χ1) is 14.0. The Morgan fingerprint density at radius 1 is 1.24 bits per heavy atom. The minimum absolute atomic E-state index is 0.142. The molecule has 0 bridgehead atoms. The predicted molar refractivity (Wildman–Crippen MR) is 111 cm³/mol. The second-order valence-corrected chi connectivity index (χ2v) is 6.48. The van der Waals surface area contributed by atoms with Crippen molar-refractivity contribution in [3.05, 3.63) is 58.1 Å². The van der Waals surface area contributed by atoms with Crippen molar-refractivity contribution in [3.8, 4) is 17.6 Å². The molecule has 29 heavy (non-hydrogen) atoms. The largest absolute Gasteiger partial charge is 0.493 e. The number of rotatable bonds is 8. The van der Waals surface area contributed by atoms with Gasteiger partial charge in [-0.25, -0.2) is 4.79 Å². The van der Waals surface area contributed by atoms with Crippen LogP contribution in [0.1, 0.15) is 12.5 Å². The summed E-state index contributed by atoms with van der Waals surface area (Å²) >= 11 is 3.37. The maximum absolute atomic E-state index is 12.1. The number of halogens is 1. The number of esters is 1. The van der Waals surface area contributed by atoms with Crippen LogP contribution in [0.3, 0.4) is 0 Å². The van der Waals surface area contributed by atoms with E-state index in [0.717, 1.165) is 0 Å². The molecule has 0 spiro atoms. The number of hydrogen-bond donors (Lipinski definition) is 1. The van der Waals surface area contributed by atoms with Crippen LogP contribution in [0, 0.1) is 11.3 Å². The number of anilines is 1. The number of methoxy groups -OCH3 is 1. The first-order valence-corrected chi connectivity index (χ1v) is 9.42. The molecule has 0 saturated carbocycles. The Hall–Kier alpha value is -3.31. The molecular formula is C21H19BrN2O5. The zero-order valence-electron chi connectivity index (χ0n) is 15.9. The van der Waals surface area contributed by atoms with Crippen molar-refractivity contribution in [3.63, 3.8) is 0 Å². The third kappa shape index (κ3) is 6.36. The molecule has 0 aliphatic rings. The zero-order valence-corrected chi connectivity index (χ0v) is 17.5. The molecule has 0 aliphatic carbocycles. The van der Waals surface area contributed by atoms with Crippen LogP contribution in [0.2, 0.25) is 0 Å². The van der Waals surface area contributed by atoms with Gasteiger partial charge in [0.05, 0.1) is 18.2 Å². The van der Waals surface area contributed by atoms with E-state index in [1.165, 1.54) is 13.2 Å². The normalized spacial score (nSPS) is 10.6. The Morgan fingerprint density at radius 3 is 2.59 bits per heavy atom. The SMILES string of the molecule is CCOC(=O)C(C#N)=Cc1cc(Br)c(OCC(=O)Nc2ccccc2)c(OC)c1. The zero-order chi connectivity index (χ0) is 21.2. The molecule has 0 aliphatic heterocycles. The van der Waals surface area contributed by atoms with Crippen LogP contribution in [0.4, 0.5) is 5.69 Å². The molecular weight excluding hydrogens is 440 g/mol. The van der Waals surface area contributed by atoms with E-state index in [9.17, 15) is 9.59 Å². The summed E-state index contributed by atoms with van der Waals surface area (Å²) in [7, 11) is 1.45. The highest BCUT2D eigenvalue weighted by molar-refractivity contribution is 9.10. The van der Waals surface area contributed by atoms with E-state index in [0.29, 0.717) is 27.2 Å². The summed E-state index contributed by atoms with van der Waals surface area (Å²) in [5, 5.41) is 11.9. The molecule has 0 saturated heterocycles. The third-order valence-electron chi connectivity index (χ3n) is 3.58. The van der Waals surface area contributed by atoms with Crippen molar-refractivity contribution in [1.82, 2.24) is 0 Å². The maximum Gasteiger partial charge on any atom is 0.348 e. The topological polar surface area (TPSA) is 97.7 Å². The van der Waals surface area contributed by atoms with Crippen molar-refractivity contribution < 1.29 is 23.8 Å². The highest BCUT2D eigenvalue weighted by Crippen LogP contribution is 2.37. The molecule has 0 aromatic heterocycles. The number of benzene rings is 2. The summed E-state index contributed by atoms with van der Waals surface area (Å²) in [6.07, 6.45) is 1.39. The van der Waals surface area contributed by atoms with E-state index in [1.807, 2.05) is 24.3 Å². The second-order valence-electron chi connectivity index (χ2n) is 5.63. The van der Waals surface area contributed by atoms with Crippen LogP contribution < -0.4 is 14.8 Å². The number of nitriles is 1. The Bertz CT molecular complexity index is 952. The lowest BCUT2D eigenvalue weighted by molar-refractivity contribution is -0.137. The average molecular weight is 459 g/mol. The number of para-hydroxylation sites is 1. The lowest BCUT2D eigenvalue weighted by Crippen LogP contribution is -2.20.